The van der Waals surface area contributed by atoms with Crippen LogP contribution in [-0.2, 0) is 28.4 Å². The van der Waals surface area contributed by atoms with Gasteiger partial charge in [-0.15, -0.1) is 0 Å². The Labute approximate surface area is 144 Å². The zero-order valence-electron chi connectivity index (χ0n) is 14.8. The quantitative estimate of drug-likeness (QED) is 0.770. The largest absolute Gasteiger partial charge is 0.384 e. The van der Waals surface area contributed by atoms with Crippen LogP contribution in [0.5, 0.6) is 0 Å². The monoisotopic (exact) mass is 356 g/mol. The molecule has 2 fully saturated rings. The summed E-state index contributed by atoms with van der Waals surface area (Å²) >= 11 is 0. The molecule has 2 aliphatic rings. The maximum atomic E-state index is 12.0. The average molecular weight is 356 g/mol. The van der Waals surface area contributed by atoms with Gasteiger partial charge in [0.2, 0.25) is 10.0 Å². The van der Waals surface area contributed by atoms with Crippen LogP contribution in [0.4, 0.5) is 0 Å². The van der Waals surface area contributed by atoms with Crippen molar-refractivity contribution in [3.8, 4) is 0 Å². The van der Waals surface area contributed by atoms with E-state index in [2.05, 4.69) is 16.2 Å². The minimum absolute atomic E-state index is 0.0600. The first-order valence-electron chi connectivity index (χ1n) is 8.46. The molecule has 0 bridgehead atoms. The van der Waals surface area contributed by atoms with E-state index in [-0.39, 0.29) is 11.3 Å². The number of methoxy groups -OCH3 is 1. The highest BCUT2D eigenvalue weighted by molar-refractivity contribution is 7.88. The highest BCUT2D eigenvalue weighted by Gasteiger charge is 2.49. The molecule has 0 N–H and O–H groups in total. The zero-order valence-corrected chi connectivity index (χ0v) is 15.6. The van der Waals surface area contributed by atoms with E-state index in [0.717, 1.165) is 32.5 Å². The van der Waals surface area contributed by atoms with E-state index in [4.69, 9.17) is 4.74 Å². The van der Waals surface area contributed by atoms with Crippen molar-refractivity contribution in [3.63, 3.8) is 0 Å². The minimum atomic E-state index is -3.14. The van der Waals surface area contributed by atoms with Gasteiger partial charge in [-0.05, 0) is 31.3 Å². The van der Waals surface area contributed by atoms with Gasteiger partial charge in [-0.1, -0.05) is 0 Å². The summed E-state index contributed by atoms with van der Waals surface area (Å²) in [5.41, 5.74) is 1.29. The first-order valence-corrected chi connectivity index (χ1v) is 10.3. The summed E-state index contributed by atoms with van der Waals surface area (Å²) in [7, 11) is 0.500. The van der Waals surface area contributed by atoms with E-state index in [9.17, 15) is 8.42 Å². The van der Waals surface area contributed by atoms with Crippen LogP contribution in [0, 0.1) is 11.3 Å². The predicted octanol–water partition coefficient (Wildman–Crippen LogP) is 0.540. The van der Waals surface area contributed by atoms with Crippen molar-refractivity contribution in [1.29, 1.82) is 0 Å². The third-order valence-electron chi connectivity index (χ3n) is 5.63. The van der Waals surface area contributed by atoms with Gasteiger partial charge in [-0.25, -0.2) is 12.7 Å². The predicted molar refractivity (Wildman–Crippen MR) is 91.9 cm³/mol. The SMILES string of the molecule is COC[C@@H]1CN(S(C)(=O)=O)CC12CCN(Cc1cnn(C)c1)CC2. The molecule has 1 aromatic heterocycles. The minimum Gasteiger partial charge on any atom is -0.384 e. The molecule has 0 aliphatic carbocycles. The highest BCUT2D eigenvalue weighted by Crippen LogP contribution is 2.45. The molecule has 1 spiro atoms. The summed E-state index contributed by atoms with van der Waals surface area (Å²) in [6.45, 7) is 4.76. The molecule has 0 saturated carbocycles. The topological polar surface area (TPSA) is 67.7 Å². The van der Waals surface area contributed by atoms with E-state index < -0.39 is 10.0 Å². The van der Waals surface area contributed by atoms with Gasteiger partial charge in [-0.3, -0.25) is 9.58 Å². The summed E-state index contributed by atoms with van der Waals surface area (Å²) in [5.74, 6) is 0.290. The number of aryl methyl sites for hydroxylation is 1. The smallest absolute Gasteiger partial charge is 0.211 e. The van der Waals surface area contributed by atoms with Gasteiger partial charge in [0.1, 0.15) is 0 Å². The van der Waals surface area contributed by atoms with Crippen LogP contribution in [-0.4, -0.2) is 73.6 Å². The Kier molecular flexibility index (Phi) is 5.01. The summed E-state index contributed by atoms with van der Waals surface area (Å²) in [6.07, 6.45) is 7.33. The molecule has 0 unspecified atom stereocenters. The van der Waals surface area contributed by atoms with Crippen molar-refractivity contribution in [2.75, 3.05) is 46.2 Å². The van der Waals surface area contributed by atoms with E-state index in [0.29, 0.717) is 19.7 Å². The fourth-order valence-corrected chi connectivity index (χ4v) is 5.14. The number of aromatic nitrogens is 2. The van der Waals surface area contributed by atoms with E-state index in [1.54, 1.807) is 11.4 Å². The number of ether oxygens (including phenoxy) is 1. The molecule has 1 aromatic rings. The van der Waals surface area contributed by atoms with Crippen molar-refractivity contribution >= 4 is 10.0 Å². The molecular formula is C16H28N4O3S. The molecule has 7 nitrogen and oxygen atoms in total. The van der Waals surface area contributed by atoms with Crippen LogP contribution in [0.25, 0.3) is 0 Å². The Morgan fingerprint density at radius 1 is 1.38 bits per heavy atom. The molecule has 2 aliphatic heterocycles. The highest BCUT2D eigenvalue weighted by atomic mass is 32.2. The summed E-state index contributed by atoms with van der Waals surface area (Å²) in [5, 5.41) is 4.23. The third kappa shape index (κ3) is 3.66. The van der Waals surface area contributed by atoms with Crippen LogP contribution in [0.3, 0.4) is 0 Å². The van der Waals surface area contributed by atoms with Crippen LogP contribution < -0.4 is 0 Å². The molecule has 2 saturated heterocycles. The molecule has 136 valence electrons. The molecule has 1 atom stereocenters. The second kappa shape index (κ2) is 6.74. The maximum absolute atomic E-state index is 12.0. The van der Waals surface area contributed by atoms with Crippen molar-refractivity contribution in [2.45, 2.75) is 19.4 Å². The molecule has 0 aromatic carbocycles. The molecule has 24 heavy (non-hydrogen) atoms. The molecule has 8 heteroatoms. The van der Waals surface area contributed by atoms with Gasteiger partial charge < -0.3 is 4.74 Å². The van der Waals surface area contributed by atoms with Crippen molar-refractivity contribution < 1.29 is 13.2 Å². The van der Waals surface area contributed by atoms with Crippen LogP contribution >= 0.6 is 0 Å². The van der Waals surface area contributed by atoms with Gasteiger partial charge in [-0.2, -0.15) is 5.10 Å². The normalized spacial score (nSPS) is 25.5. The molecule has 3 heterocycles. The van der Waals surface area contributed by atoms with E-state index >= 15 is 0 Å². The number of sulfonamides is 1. The number of piperidine rings is 1. The Bertz CT molecular complexity index is 665. The van der Waals surface area contributed by atoms with Gasteiger partial charge in [0, 0.05) is 51.5 Å². The van der Waals surface area contributed by atoms with Gasteiger partial charge >= 0.3 is 0 Å². The van der Waals surface area contributed by atoms with Crippen molar-refractivity contribution in [2.24, 2.45) is 18.4 Å². The number of hydrogen-bond donors (Lipinski definition) is 0. The number of rotatable bonds is 5. The lowest BCUT2D eigenvalue weighted by atomic mass is 9.71. The van der Waals surface area contributed by atoms with Crippen LogP contribution in [0.15, 0.2) is 12.4 Å². The number of hydrogen-bond acceptors (Lipinski definition) is 5. The lowest BCUT2D eigenvalue weighted by Crippen LogP contribution is -2.45. The molecular weight excluding hydrogens is 328 g/mol. The molecule has 0 amide bonds. The van der Waals surface area contributed by atoms with Gasteiger partial charge in [0.15, 0.2) is 0 Å². The van der Waals surface area contributed by atoms with Crippen molar-refractivity contribution in [1.82, 2.24) is 19.0 Å². The number of nitrogens with zero attached hydrogens (tertiary/aromatic N) is 4. The fourth-order valence-electron chi connectivity index (χ4n) is 4.20. The second-order valence-electron chi connectivity index (χ2n) is 7.37. The molecule has 3 rings (SSSR count). The Morgan fingerprint density at radius 2 is 2.08 bits per heavy atom. The summed E-state index contributed by atoms with van der Waals surface area (Å²) < 4.78 is 32.8. The maximum Gasteiger partial charge on any atom is 0.211 e. The zero-order chi connectivity index (χ0) is 17.4. The second-order valence-corrected chi connectivity index (χ2v) is 9.35. The number of likely N-dealkylation sites (tertiary alicyclic amines) is 1. The average Bonchev–Trinajstić information content (AvgIpc) is 3.07. The van der Waals surface area contributed by atoms with Crippen LogP contribution in [0.1, 0.15) is 18.4 Å². The lowest BCUT2D eigenvalue weighted by molar-refractivity contribution is 0.0357. The first kappa shape index (κ1) is 17.8. The summed E-state index contributed by atoms with van der Waals surface area (Å²) in [6, 6.07) is 0. The lowest BCUT2D eigenvalue weighted by Gasteiger charge is -2.42. The van der Waals surface area contributed by atoms with Crippen LogP contribution in [0.2, 0.25) is 0 Å². The van der Waals surface area contributed by atoms with E-state index in [1.807, 2.05) is 17.9 Å². The standard InChI is InChI=1S/C16H28N4O3S/c1-18-9-14(8-17-18)10-19-6-4-16(5-7-19)13-20(24(3,21)22)11-15(16)12-23-2/h8-9,15H,4-7,10-13H2,1-3H3/t15-/m0/s1. The first-order chi connectivity index (χ1) is 11.3. The van der Waals surface area contributed by atoms with Gasteiger partial charge in [0.25, 0.3) is 0 Å². The Balaban J connectivity index is 1.65. The molecule has 0 radical (unpaired) electrons. The van der Waals surface area contributed by atoms with Gasteiger partial charge in [0.05, 0.1) is 19.1 Å². The van der Waals surface area contributed by atoms with Crippen molar-refractivity contribution in [3.05, 3.63) is 18.0 Å². The Hall–Kier alpha value is -0.960. The van der Waals surface area contributed by atoms with E-state index in [1.165, 1.54) is 11.8 Å². The third-order valence-corrected chi connectivity index (χ3v) is 6.85. The fraction of sp³-hybridized carbons (Fsp3) is 0.812. The summed E-state index contributed by atoms with van der Waals surface area (Å²) in [4.78, 5) is 2.44. The Morgan fingerprint density at radius 3 is 2.62 bits per heavy atom.